The standard InChI is InChI=1S/C14H11ClFN3/c15-10-4-5-12(16)13(7-10)17-8-11-9-19-6-2-1-3-14(19)18-11/h1-7,9,17H,8H2. The van der Waals surface area contributed by atoms with Gasteiger partial charge in [-0.2, -0.15) is 0 Å². The highest BCUT2D eigenvalue weighted by atomic mass is 35.5. The Morgan fingerprint density at radius 1 is 1.26 bits per heavy atom. The van der Waals surface area contributed by atoms with Crippen molar-refractivity contribution in [2.24, 2.45) is 0 Å². The van der Waals surface area contributed by atoms with Gasteiger partial charge in [-0.25, -0.2) is 9.37 Å². The first-order chi connectivity index (χ1) is 9.22. The number of fused-ring (bicyclic) bond motifs is 1. The number of anilines is 1. The molecule has 0 spiro atoms. The highest BCUT2D eigenvalue weighted by Gasteiger charge is 2.04. The van der Waals surface area contributed by atoms with E-state index >= 15 is 0 Å². The van der Waals surface area contributed by atoms with Gasteiger partial charge in [0.15, 0.2) is 0 Å². The summed E-state index contributed by atoms with van der Waals surface area (Å²) >= 11 is 5.84. The van der Waals surface area contributed by atoms with E-state index in [0.29, 0.717) is 17.3 Å². The molecule has 0 aliphatic rings. The summed E-state index contributed by atoms with van der Waals surface area (Å²) in [5.41, 5.74) is 2.08. The van der Waals surface area contributed by atoms with Gasteiger partial charge in [0.2, 0.25) is 0 Å². The maximum Gasteiger partial charge on any atom is 0.146 e. The van der Waals surface area contributed by atoms with E-state index in [9.17, 15) is 4.39 Å². The molecule has 0 radical (unpaired) electrons. The lowest BCUT2D eigenvalue weighted by atomic mass is 10.3. The third-order valence-electron chi connectivity index (χ3n) is 2.80. The van der Waals surface area contributed by atoms with Crippen molar-refractivity contribution in [3.63, 3.8) is 0 Å². The minimum Gasteiger partial charge on any atom is -0.377 e. The zero-order chi connectivity index (χ0) is 13.2. The van der Waals surface area contributed by atoms with Crippen LogP contribution >= 0.6 is 11.6 Å². The lowest BCUT2D eigenvalue weighted by Gasteiger charge is -2.05. The molecule has 5 heteroatoms. The summed E-state index contributed by atoms with van der Waals surface area (Å²) in [6.45, 7) is 0.443. The van der Waals surface area contributed by atoms with Crippen LogP contribution in [0.15, 0.2) is 48.8 Å². The molecule has 0 unspecified atom stereocenters. The lowest BCUT2D eigenvalue weighted by Crippen LogP contribution is -2.01. The first-order valence-electron chi connectivity index (χ1n) is 5.84. The Kier molecular flexibility index (Phi) is 3.09. The van der Waals surface area contributed by atoms with Crippen molar-refractivity contribution in [3.8, 4) is 0 Å². The summed E-state index contributed by atoms with van der Waals surface area (Å²) in [4.78, 5) is 4.42. The fourth-order valence-corrected chi connectivity index (χ4v) is 2.06. The zero-order valence-electron chi connectivity index (χ0n) is 9.98. The number of benzene rings is 1. The monoisotopic (exact) mass is 275 g/mol. The summed E-state index contributed by atoms with van der Waals surface area (Å²) in [5.74, 6) is -0.326. The molecule has 0 saturated heterocycles. The second kappa shape index (κ2) is 4.90. The number of rotatable bonds is 3. The Hall–Kier alpha value is -2.07. The molecule has 2 aromatic heterocycles. The quantitative estimate of drug-likeness (QED) is 0.789. The molecular formula is C14H11ClFN3. The highest BCUT2D eigenvalue weighted by Crippen LogP contribution is 2.20. The zero-order valence-corrected chi connectivity index (χ0v) is 10.7. The molecule has 0 aliphatic carbocycles. The van der Waals surface area contributed by atoms with Crippen molar-refractivity contribution in [2.75, 3.05) is 5.32 Å². The molecule has 0 atom stereocenters. The van der Waals surface area contributed by atoms with E-state index < -0.39 is 0 Å². The van der Waals surface area contributed by atoms with Crippen LogP contribution in [0.2, 0.25) is 5.02 Å². The van der Waals surface area contributed by atoms with Gasteiger partial charge >= 0.3 is 0 Å². The van der Waals surface area contributed by atoms with Crippen molar-refractivity contribution < 1.29 is 4.39 Å². The largest absolute Gasteiger partial charge is 0.377 e. The van der Waals surface area contributed by atoms with Gasteiger partial charge < -0.3 is 9.72 Å². The average Bonchev–Trinajstić information content (AvgIpc) is 2.82. The molecule has 2 heterocycles. The smallest absolute Gasteiger partial charge is 0.146 e. The minimum absolute atomic E-state index is 0.326. The summed E-state index contributed by atoms with van der Waals surface area (Å²) in [7, 11) is 0. The van der Waals surface area contributed by atoms with Gasteiger partial charge in [-0.05, 0) is 30.3 Å². The van der Waals surface area contributed by atoms with E-state index in [1.54, 1.807) is 6.07 Å². The molecule has 96 valence electrons. The van der Waals surface area contributed by atoms with Crippen LogP contribution in [0.5, 0.6) is 0 Å². The summed E-state index contributed by atoms with van der Waals surface area (Å²) in [6.07, 6.45) is 3.83. The SMILES string of the molecule is Fc1ccc(Cl)cc1NCc1cn2ccccc2n1. The number of halogens is 2. The molecular weight excluding hydrogens is 265 g/mol. The molecule has 1 N–H and O–H groups in total. The van der Waals surface area contributed by atoms with Crippen LogP contribution < -0.4 is 5.32 Å². The number of nitrogens with zero attached hydrogens (tertiary/aromatic N) is 2. The Balaban J connectivity index is 1.80. The van der Waals surface area contributed by atoms with Crippen molar-refractivity contribution in [1.82, 2.24) is 9.38 Å². The fraction of sp³-hybridized carbons (Fsp3) is 0.0714. The van der Waals surface area contributed by atoms with Gasteiger partial charge in [0.05, 0.1) is 17.9 Å². The van der Waals surface area contributed by atoms with Crippen molar-refractivity contribution in [2.45, 2.75) is 6.54 Å². The molecule has 1 aromatic carbocycles. The van der Waals surface area contributed by atoms with E-state index in [-0.39, 0.29) is 5.82 Å². The van der Waals surface area contributed by atoms with Crippen molar-refractivity contribution in [3.05, 3.63) is 65.3 Å². The second-order valence-corrected chi connectivity index (χ2v) is 4.61. The predicted molar refractivity (Wildman–Crippen MR) is 73.9 cm³/mol. The van der Waals surface area contributed by atoms with E-state index in [1.165, 1.54) is 12.1 Å². The number of aromatic nitrogens is 2. The average molecular weight is 276 g/mol. The minimum atomic E-state index is -0.326. The maximum atomic E-state index is 13.5. The summed E-state index contributed by atoms with van der Waals surface area (Å²) in [6, 6.07) is 10.2. The van der Waals surface area contributed by atoms with E-state index in [4.69, 9.17) is 11.6 Å². The molecule has 19 heavy (non-hydrogen) atoms. The summed E-state index contributed by atoms with van der Waals surface area (Å²) in [5, 5.41) is 3.49. The molecule has 0 saturated carbocycles. The number of imidazole rings is 1. The van der Waals surface area contributed by atoms with Crippen LogP contribution in [0.1, 0.15) is 5.69 Å². The lowest BCUT2D eigenvalue weighted by molar-refractivity contribution is 0.630. The molecule has 3 rings (SSSR count). The second-order valence-electron chi connectivity index (χ2n) is 4.18. The van der Waals surface area contributed by atoms with Gasteiger partial charge in [-0.1, -0.05) is 17.7 Å². The molecule has 0 aliphatic heterocycles. The summed E-state index contributed by atoms with van der Waals surface area (Å²) < 4.78 is 15.5. The van der Waals surface area contributed by atoms with Crippen molar-refractivity contribution in [1.29, 1.82) is 0 Å². The Morgan fingerprint density at radius 3 is 3.00 bits per heavy atom. The number of hydrogen-bond acceptors (Lipinski definition) is 2. The van der Waals surface area contributed by atoms with Gasteiger partial charge in [-0.3, -0.25) is 0 Å². The molecule has 3 aromatic rings. The highest BCUT2D eigenvalue weighted by molar-refractivity contribution is 6.30. The van der Waals surface area contributed by atoms with Crippen LogP contribution in [0, 0.1) is 5.82 Å². The third-order valence-corrected chi connectivity index (χ3v) is 3.04. The van der Waals surface area contributed by atoms with Crippen LogP contribution in [0.25, 0.3) is 5.65 Å². The number of pyridine rings is 1. The molecule has 3 nitrogen and oxygen atoms in total. The maximum absolute atomic E-state index is 13.5. The fourth-order valence-electron chi connectivity index (χ4n) is 1.89. The Morgan fingerprint density at radius 2 is 2.16 bits per heavy atom. The van der Waals surface area contributed by atoms with Crippen LogP contribution in [-0.4, -0.2) is 9.38 Å². The van der Waals surface area contributed by atoms with Crippen LogP contribution in [-0.2, 0) is 6.54 Å². The number of nitrogens with one attached hydrogen (secondary N) is 1. The van der Waals surface area contributed by atoms with Crippen LogP contribution in [0.3, 0.4) is 0 Å². The van der Waals surface area contributed by atoms with Gasteiger partial charge in [0.25, 0.3) is 0 Å². The van der Waals surface area contributed by atoms with Crippen LogP contribution in [0.4, 0.5) is 10.1 Å². The molecule has 0 fully saturated rings. The van der Waals surface area contributed by atoms with Crippen molar-refractivity contribution >= 4 is 22.9 Å². The predicted octanol–water partition coefficient (Wildman–Crippen LogP) is 3.74. The molecule has 0 bridgehead atoms. The first kappa shape index (κ1) is 12.0. The number of hydrogen-bond donors (Lipinski definition) is 1. The topological polar surface area (TPSA) is 29.3 Å². The van der Waals surface area contributed by atoms with E-state index in [0.717, 1.165) is 11.3 Å². The Labute approximate surface area is 114 Å². The van der Waals surface area contributed by atoms with Gasteiger partial charge in [0, 0.05) is 17.4 Å². The van der Waals surface area contributed by atoms with E-state index in [1.807, 2.05) is 35.0 Å². The van der Waals surface area contributed by atoms with Gasteiger partial charge in [-0.15, -0.1) is 0 Å². The normalized spacial score (nSPS) is 10.8. The van der Waals surface area contributed by atoms with Gasteiger partial charge in [0.1, 0.15) is 11.5 Å². The van der Waals surface area contributed by atoms with E-state index in [2.05, 4.69) is 10.3 Å². The first-order valence-corrected chi connectivity index (χ1v) is 6.22. The third kappa shape index (κ3) is 2.53. The Bertz CT molecular complexity index is 691. The molecule has 0 amide bonds.